The van der Waals surface area contributed by atoms with Crippen LogP contribution in [0.15, 0.2) is 18.3 Å². The van der Waals surface area contributed by atoms with Crippen LogP contribution in [0.1, 0.15) is 19.8 Å². The molecule has 2 N–H and O–H groups in total. The minimum atomic E-state index is 0.448. The van der Waals surface area contributed by atoms with Crippen molar-refractivity contribution in [3.05, 3.63) is 18.3 Å². The number of ether oxygens (including phenoxy) is 1. The van der Waals surface area contributed by atoms with Crippen LogP contribution in [-0.4, -0.2) is 31.2 Å². The Bertz CT molecular complexity index is 333. The summed E-state index contributed by atoms with van der Waals surface area (Å²) in [6.45, 7) is 4.48. The monoisotopic (exact) mass is 235 g/mol. The van der Waals surface area contributed by atoms with Crippen LogP contribution in [-0.2, 0) is 0 Å². The van der Waals surface area contributed by atoms with E-state index >= 15 is 0 Å². The first-order chi connectivity index (χ1) is 8.29. The molecule has 0 aliphatic carbocycles. The Morgan fingerprint density at radius 3 is 3.00 bits per heavy atom. The van der Waals surface area contributed by atoms with Crippen LogP contribution in [0, 0.1) is 5.92 Å². The van der Waals surface area contributed by atoms with Crippen molar-refractivity contribution in [3.63, 3.8) is 0 Å². The maximum absolute atomic E-state index is 5.09. The number of hydrogen-bond donors (Lipinski definition) is 2. The molecule has 1 aromatic rings. The van der Waals surface area contributed by atoms with Gasteiger partial charge in [0.05, 0.1) is 13.3 Å². The van der Waals surface area contributed by atoms with Gasteiger partial charge in [-0.15, -0.1) is 0 Å². The van der Waals surface area contributed by atoms with Crippen molar-refractivity contribution >= 4 is 5.82 Å². The molecule has 17 heavy (non-hydrogen) atoms. The maximum atomic E-state index is 5.09. The number of methoxy groups -OCH3 is 1. The third-order valence-corrected chi connectivity index (χ3v) is 3.39. The van der Waals surface area contributed by atoms with Gasteiger partial charge in [0.15, 0.2) is 0 Å². The fourth-order valence-electron chi connectivity index (χ4n) is 2.24. The number of pyridine rings is 1. The zero-order valence-corrected chi connectivity index (χ0v) is 10.6. The lowest BCUT2D eigenvalue weighted by atomic mass is 9.93. The van der Waals surface area contributed by atoms with Crippen molar-refractivity contribution in [1.29, 1.82) is 0 Å². The van der Waals surface area contributed by atoms with Gasteiger partial charge >= 0.3 is 0 Å². The molecule has 1 fully saturated rings. The van der Waals surface area contributed by atoms with Crippen molar-refractivity contribution in [1.82, 2.24) is 10.3 Å². The fourth-order valence-corrected chi connectivity index (χ4v) is 2.24. The highest BCUT2D eigenvalue weighted by atomic mass is 16.5. The van der Waals surface area contributed by atoms with Gasteiger partial charge in [-0.3, -0.25) is 0 Å². The van der Waals surface area contributed by atoms with Gasteiger partial charge in [0.1, 0.15) is 11.6 Å². The second-order valence-corrected chi connectivity index (χ2v) is 4.62. The number of rotatable bonds is 4. The summed E-state index contributed by atoms with van der Waals surface area (Å²) in [5.74, 6) is 2.40. The molecule has 4 nitrogen and oxygen atoms in total. The normalized spacial score (nSPS) is 21.9. The molecule has 4 heteroatoms. The predicted octanol–water partition coefficient (Wildman–Crippen LogP) is 1.89. The SMILES string of the molecule is COc1ccc(NC(C)C2CCCNC2)nc1. The molecule has 1 saturated heterocycles. The van der Waals surface area contributed by atoms with Gasteiger partial charge in [-0.1, -0.05) is 0 Å². The van der Waals surface area contributed by atoms with Crippen molar-refractivity contribution < 1.29 is 4.74 Å². The Morgan fingerprint density at radius 2 is 2.41 bits per heavy atom. The van der Waals surface area contributed by atoms with E-state index in [1.54, 1.807) is 13.3 Å². The number of aromatic nitrogens is 1. The number of nitrogens with zero attached hydrogens (tertiary/aromatic N) is 1. The molecule has 2 rings (SSSR count). The molecule has 1 aliphatic heterocycles. The number of anilines is 1. The first-order valence-corrected chi connectivity index (χ1v) is 6.27. The van der Waals surface area contributed by atoms with E-state index in [0.29, 0.717) is 12.0 Å². The van der Waals surface area contributed by atoms with Crippen molar-refractivity contribution in [2.45, 2.75) is 25.8 Å². The molecular weight excluding hydrogens is 214 g/mol. The lowest BCUT2D eigenvalue weighted by molar-refractivity contribution is 0.346. The molecule has 2 atom stereocenters. The lowest BCUT2D eigenvalue weighted by Crippen LogP contribution is -2.38. The molecule has 1 aromatic heterocycles. The molecule has 2 heterocycles. The summed E-state index contributed by atoms with van der Waals surface area (Å²) in [6.07, 6.45) is 4.30. The molecule has 0 bridgehead atoms. The van der Waals surface area contributed by atoms with Crippen LogP contribution in [0.3, 0.4) is 0 Å². The smallest absolute Gasteiger partial charge is 0.137 e. The highest BCUT2D eigenvalue weighted by Crippen LogP contribution is 2.18. The molecule has 2 unspecified atom stereocenters. The van der Waals surface area contributed by atoms with Crippen molar-refractivity contribution in [2.75, 3.05) is 25.5 Å². The van der Waals surface area contributed by atoms with Crippen LogP contribution in [0.5, 0.6) is 5.75 Å². The van der Waals surface area contributed by atoms with E-state index in [4.69, 9.17) is 4.74 Å². The van der Waals surface area contributed by atoms with Gasteiger partial charge in [-0.25, -0.2) is 4.98 Å². The molecule has 0 radical (unpaired) electrons. The molecule has 0 amide bonds. The van der Waals surface area contributed by atoms with E-state index in [2.05, 4.69) is 22.5 Å². The Morgan fingerprint density at radius 1 is 1.53 bits per heavy atom. The van der Waals surface area contributed by atoms with E-state index in [1.165, 1.54) is 12.8 Å². The average molecular weight is 235 g/mol. The zero-order valence-electron chi connectivity index (χ0n) is 10.6. The summed E-state index contributed by atoms with van der Waals surface area (Å²) in [5, 5.41) is 6.90. The largest absolute Gasteiger partial charge is 0.495 e. The standard InChI is InChI=1S/C13H21N3O/c1-10(11-4-3-7-14-8-11)16-13-6-5-12(17-2)9-15-13/h5-6,9-11,14H,3-4,7-8H2,1-2H3,(H,15,16). The van der Waals surface area contributed by atoms with Gasteiger partial charge in [0, 0.05) is 6.04 Å². The second kappa shape index (κ2) is 5.87. The highest BCUT2D eigenvalue weighted by molar-refractivity contribution is 5.38. The Balaban J connectivity index is 1.89. The van der Waals surface area contributed by atoms with Gasteiger partial charge < -0.3 is 15.4 Å². The molecule has 1 aliphatic rings. The van der Waals surface area contributed by atoms with E-state index in [-0.39, 0.29) is 0 Å². The summed E-state index contributed by atoms with van der Waals surface area (Å²) >= 11 is 0. The molecule has 0 spiro atoms. The van der Waals surface area contributed by atoms with Gasteiger partial charge in [0.25, 0.3) is 0 Å². The quantitative estimate of drug-likeness (QED) is 0.836. The lowest BCUT2D eigenvalue weighted by Gasteiger charge is -2.29. The topological polar surface area (TPSA) is 46.2 Å². The molecule has 0 saturated carbocycles. The first-order valence-electron chi connectivity index (χ1n) is 6.27. The Kier molecular flexibility index (Phi) is 4.20. The summed E-state index contributed by atoms with van der Waals surface area (Å²) in [6, 6.07) is 4.34. The van der Waals surface area contributed by atoms with Crippen molar-refractivity contribution in [2.24, 2.45) is 5.92 Å². The summed E-state index contributed by atoms with van der Waals surface area (Å²) in [5.41, 5.74) is 0. The predicted molar refractivity (Wildman–Crippen MR) is 69.5 cm³/mol. The second-order valence-electron chi connectivity index (χ2n) is 4.62. The van der Waals surface area contributed by atoms with Gasteiger partial charge in [0.2, 0.25) is 0 Å². The van der Waals surface area contributed by atoms with E-state index in [0.717, 1.165) is 24.7 Å². The minimum Gasteiger partial charge on any atom is -0.495 e. The number of piperidine rings is 1. The minimum absolute atomic E-state index is 0.448. The molecular formula is C13H21N3O. The third-order valence-electron chi connectivity index (χ3n) is 3.39. The maximum Gasteiger partial charge on any atom is 0.137 e. The summed E-state index contributed by atoms with van der Waals surface area (Å²) < 4.78 is 5.09. The average Bonchev–Trinajstić information content (AvgIpc) is 2.40. The van der Waals surface area contributed by atoms with E-state index in [1.807, 2.05) is 12.1 Å². The molecule has 94 valence electrons. The number of nitrogens with one attached hydrogen (secondary N) is 2. The van der Waals surface area contributed by atoms with Crippen LogP contribution >= 0.6 is 0 Å². The van der Waals surface area contributed by atoms with Gasteiger partial charge in [-0.05, 0) is 50.9 Å². The first kappa shape index (κ1) is 12.2. The van der Waals surface area contributed by atoms with E-state index in [9.17, 15) is 0 Å². The fraction of sp³-hybridized carbons (Fsp3) is 0.615. The van der Waals surface area contributed by atoms with Crippen LogP contribution in [0.2, 0.25) is 0 Å². The van der Waals surface area contributed by atoms with Gasteiger partial charge in [-0.2, -0.15) is 0 Å². The Labute approximate surface area is 103 Å². The molecule has 0 aromatic carbocycles. The van der Waals surface area contributed by atoms with Crippen molar-refractivity contribution in [3.8, 4) is 5.75 Å². The highest BCUT2D eigenvalue weighted by Gasteiger charge is 2.19. The third kappa shape index (κ3) is 3.33. The van der Waals surface area contributed by atoms with Crippen LogP contribution in [0.4, 0.5) is 5.82 Å². The summed E-state index contributed by atoms with van der Waals surface area (Å²) in [7, 11) is 1.65. The number of hydrogen-bond acceptors (Lipinski definition) is 4. The summed E-state index contributed by atoms with van der Waals surface area (Å²) in [4.78, 5) is 4.33. The Hall–Kier alpha value is -1.29. The zero-order chi connectivity index (χ0) is 12.1. The van der Waals surface area contributed by atoms with E-state index < -0.39 is 0 Å². The van der Waals surface area contributed by atoms with Crippen LogP contribution < -0.4 is 15.4 Å². The van der Waals surface area contributed by atoms with Crippen LogP contribution in [0.25, 0.3) is 0 Å².